The molecule has 1 N–H and O–H groups in total. The van der Waals surface area contributed by atoms with E-state index in [-0.39, 0.29) is 6.01 Å². The number of nitrogens with one attached hydrogen (secondary N) is 1. The van der Waals surface area contributed by atoms with Crippen LogP contribution in [0.3, 0.4) is 0 Å². The summed E-state index contributed by atoms with van der Waals surface area (Å²) in [5.41, 5.74) is 0.711. The maximum atomic E-state index is 6.08. The average Bonchev–Trinajstić information content (AvgIpc) is 3.24. The molecule has 0 unspecified atom stereocenters. The molecule has 1 aliphatic rings. The minimum atomic E-state index is 0.196. The lowest BCUT2D eigenvalue weighted by molar-refractivity contribution is 0.322. The van der Waals surface area contributed by atoms with Gasteiger partial charge < -0.3 is 29.2 Å². The highest BCUT2D eigenvalue weighted by molar-refractivity contribution is 5.53. The predicted molar refractivity (Wildman–Crippen MR) is 122 cm³/mol. The Morgan fingerprint density at radius 3 is 2.06 bits per heavy atom. The summed E-state index contributed by atoms with van der Waals surface area (Å²) in [5, 5.41) is 3.45. The van der Waals surface area contributed by atoms with Gasteiger partial charge in [0.2, 0.25) is 5.88 Å². The molecule has 0 spiro atoms. The van der Waals surface area contributed by atoms with Crippen LogP contribution in [0.25, 0.3) is 0 Å². The third-order valence-corrected chi connectivity index (χ3v) is 5.47. The first-order chi connectivity index (χ1) is 15.6. The first-order valence-corrected chi connectivity index (χ1v) is 10.6. The van der Waals surface area contributed by atoms with Crippen LogP contribution in [0.1, 0.15) is 12.8 Å². The first kappa shape index (κ1) is 21.7. The topological polar surface area (TPSA) is 78.0 Å². The maximum absolute atomic E-state index is 6.08. The number of nitrogens with zero attached hydrogens (tertiary/aromatic N) is 3. The summed E-state index contributed by atoms with van der Waals surface area (Å²) in [4.78, 5) is 11.2. The summed E-state index contributed by atoms with van der Waals surface area (Å²) in [6, 6.07) is 15.2. The van der Waals surface area contributed by atoms with Gasteiger partial charge in [0.15, 0.2) is 0 Å². The van der Waals surface area contributed by atoms with Crippen molar-refractivity contribution in [1.82, 2.24) is 14.9 Å². The molecule has 0 radical (unpaired) electrons. The Balaban J connectivity index is 1.54. The number of benzene rings is 2. The lowest BCUT2D eigenvalue weighted by Gasteiger charge is -2.21. The Morgan fingerprint density at radius 2 is 1.50 bits per heavy atom. The van der Waals surface area contributed by atoms with Crippen LogP contribution in [0.5, 0.6) is 34.9 Å². The van der Waals surface area contributed by atoms with Gasteiger partial charge in [-0.05, 0) is 75.0 Å². The second kappa shape index (κ2) is 10.2. The molecule has 8 nitrogen and oxygen atoms in total. The molecule has 1 aliphatic heterocycles. The van der Waals surface area contributed by atoms with E-state index in [1.165, 1.54) is 6.42 Å². The Labute approximate surface area is 188 Å². The quantitative estimate of drug-likeness (QED) is 0.522. The number of ether oxygens (including phenoxy) is 4. The zero-order chi connectivity index (χ0) is 22.3. The molecule has 2 heterocycles. The molecular weight excluding hydrogens is 408 g/mol. The number of hydrogen-bond donors (Lipinski definition) is 1. The molecule has 0 saturated carbocycles. The number of aromatic nitrogens is 2. The van der Waals surface area contributed by atoms with Gasteiger partial charge >= 0.3 is 6.01 Å². The summed E-state index contributed by atoms with van der Waals surface area (Å²) >= 11 is 0. The van der Waals surface area contributed by atoms with Crippen LogP contribution in [0.4, 0.5) is 5.69 Å². The van der Waals surface area contributed by atoms with Gasteiger partial charge in [0.05, 0.1) is 20.4 Å². The highest BCUT2D eigenvalue weighted by Gasteiger charge is 2.21. The number of rotatable bonds is 9. The highest BCUT2D eigenvalue weighted by Crippen LogP contribution is 2.31. The van der Waals surface area contributed by atoms with Gasteiger partial charge in [-0.25, -0.2) is 4.98 Å². The van der Waals surface area contributed by atoms with Crippen LogP contribution >= 0.6 is 0 Å². The molecule has 0 bridgehead atoms. The van der Waals surface area contributed by atoms with Crippen LogP contribution in [-0.2, 0) is 0 Å². The van der Waals surface area contributed by atoms with E-state index < -0.39 is 0 Å². The van der Waals surface area contributed by atoms with Gasteiger partial charge in [0.25, 0.3) is 0 Å². The van der Waals surface area contributed by atoms with E-state index in [4.69, 9.17) is 18.9 Å². The third-order valence-electron chi connectivity index (χ3n) is 5.47. The van der Waals surface area contributed by atoms with Crippen LogP contribution in [0.15, 0.2) is 54.7 Å². The second-order valence-electron chi connectivity index (χ2n) is 7.58. The van der Waals surface area contributed by atoms with Crippen LogP contribution < -0.4 is 24.3 Å². The van der Waals surface area contributed by atoms with Gasteiger partial charge in [-0.3, -0.25) is 0 Å². The summed E-state index contributed by atoms with van der Waals surface area (Å²) in [5.74, 6) is 3.15. The minimum absolute atomic E-state index is 0.196. The lowest BCUT2D eigenvalue weighted by atomic mass is 10.2. The lowest BCUT2D eigenvalue weighted by Crippen LogP contribution is -2.31. The van der Waals surface area contributed by atoms with E-state index in [9.17, 15) is 0 Å². The fourth-order valence-corrected chi connectivity index (χ4v) is 3.57. The van der Waals surface area contributed by atoms with Gasteiger partial charge in [0.1, 0.15) is 28.7 Å². The van der Waals surface area contributed by atoms with Gasteiger partial charge in [0, 0.05) is 12.6 Å². The summed E-state index contributed by atoms with van der Waals surface area (Å²) in [6.45, 7) is 1.91. The number of hydrogen-bond acceptors (Lipinski definition) is 8. The molecule has 3 aromatic rings. The number of methoxy groups -OCH3 is 2. The van der Waals surface area contributed by atoms with E-state index in [0.717, 1.165) is 31.0 Å². The van der Waals surface area contributed by atoms with Crippen LogP contribution in [0.2, 0.25) is 0 Å². The smallest absolute Gasteiger partial charge is 0.325 e. The van der Waals surface area contributed by atoms with Crippen molar-refractivity contribution in [3.8, 4) is 34.9 Å². The first-order valence-electron chi connectivity index (χ1n) is 10.6. The van der Waals surface area contributed by atoms with Crippen molar-refractivity contribution in [2.24, 2.45) is 0 Å². The van der Waals surface area contributed by atoms with Crippen molar-refractivity contribution in [3.63, 3.8) is 0 Å². The van der Waals surface area contributed by atoms with Gasteiger partial charge in [-0.15, -0.1) is 0 Å². The van der Waals surface area contributed by atoms with Crippen molar-refractivity contribution in [1.29, 1.82) is 0 Å². The SMILES string of the molecule is COc1ccc(Oc2ncc(NC[C@@H]3CCCN3C)c(Oc3ccc(OC)cc3)n2)cc1. The van der Waals surface area contributed by atoms with Crippen molar-refractivity contribution >= 4 is 5.69 Å². The fourth-order valence-electron chi connectivity index (χ4n) is 3.57. The van der Waals surface area contributed by atoms with Crippen molar-refractivity contribution in [2.45, 2.75) is 18.9 Å². The van der Waals surface area contributed by atoms with Gasteiger partial charge in [-0.2, -0.15) is 4.98 Å². The predicted octanol–water partition coefficient (Wildman–Crippen LogP) is 4.58. The standard InChI is InChI=1S/C24H28N4O4/c1-28-14-4-5-17(28)15-25-22-16-26-24(32-21-12-8-19(30-3)9-13-21)27-23(22)31-20-10-6-18(29-2)7-11-20/h6-13,16-17,25H,4-5,14-15H2,1-3H3/t17-/m0/s1. The molecule has 1 atom stereocenters. The number of likely N-dealkylation sites (tertiary alicyclic amines) is 1. The molecular formula is C24H28N4O4. The molecule has 32 heavy (non-hydrogen) atoms. The van der Waals surface area contributed by atoms with Crippen molar-refractivity contribution in [2.75, 3.05) is 39.7 Å². The number of anilines is 1. The summed E-state index contributed by atoms with van der Waals surface area (Å²) in [7, 11) is 5.40. The molecule has 8 heteroatoms. The molecule has 0 amide bonds. The molecule has 1 aromatic heterocycles. The maximum Gasteiger partial charge on any atom is 0.325 e. The largest absolute Gasteiger partial charge is 0.497 e. The highest BCUT2D eigenvalue weighted by atomic mass is 16.5. The van der Waals surface area contributed by atoms with Crippen LogP contribution in [0, 0.1) is 0 Å². The fraction of sp³-hybridized carbons (Fsp3) is 0.333. The normalized spacial score (nSPS) is 15.9. The molecule has 1 fully saturated rings. The average molecular weight is 437 g/mol. The van der Waals surface area contributed by atoms with Gasteiger partial charge in [-0.1, -0.05) is 0 Å². The van der Waals surface area contributed by atoms with E-state index >= 15 is 0 Å². The van der Waals surface area contributed by atoms with E-state index in [0.29, 0.717) is 29.1 Å². The monoisotopic (exact) mass is 436 g/mol. The number of likely N-dealkylation sites (N-methyl/N-ethyl adjacent to an activating group) is 1. The molecule has 2 aromatic carbocycles. The van der Waals surface area contributed by atoms with E-state index in [1.54, 1.807) is 32.5 Å². The zero-order valence-corrected chi connectivity index (χ0v) is 18.6. The van der Waals surface area contributed by atoms with Crippen LogP contribution in [-0.4, -0.2) is 55.3 Å². The molecule has 0 aliphatic carbocycles. The molecule has 4 rings (SSSR count). The molecule has 1 saturated heterocycles. The van der Waals surface area contributed by atoms with Crippen molar-refractivity contribution in [3.05, 3.63) is 54.7 Å². The van der Waals surface area contributed by atoms with E-state index in [2.05, 4.69) is 27.2 Å². The third kappa shape index (κ3) is 5.39. The Bertz CT molecular complexity index is 1010. The summed E-state index contributed by atoms with van der Waals surface area (Å²) in [6.07, 6.45) is 4.07. The second-order valence-corrected chi connectivity index (χ2v) is 7.58. The van der Waals surface area contributed by atoms with E-state index in [1.807, 2.05) is 36.4 Å². The minimum Gasteiger partial charge on any atom is -0.497 e. The molecule has 168 valence electrons. The zero-order valence-electron chi connectivity index (χ0n) is 18.6. The Kier molecular flexibility index (Phi) is 6.91. The Hall–Kier alpha value is -3.52. The van der Waals surface area contributed by atoms with Crippen molar-refractivity contribution < 1.29 is 18.9 Å². The Morgan fingerprint density at radius 1 is 0.906 bits per heavy atom. The summed E-state index contributed by atoms with van der Waals surface area (Å²) < 4.78 is 22.3.